The fraction of sp³-hybridized carbons (Fsp3) is 0.375. The first-order valence-electron chi connectivity index (χ1n) is 3.30. The first-order chi connectivity index (χ1) is 4.61. The predicted molar refractivity (Wildman–Crippen MR) is 40.7 cm³/mol. The van der Waals surface area contributed by atoms with Gasteiger partial charge in [0.2, 0.25) is 0 Å². The summed E-state index contributed by atoms with van der Waals surface area (Å²) >= 11 is 0. The highest BCUT2D eigenvalue weighted by molar-refractivity contribution is 5.19. The number of nitrogens with one attached hydrogen (secondary N) is 1. The number of aryl methyl sites for hydroxylation is 3. The Hall–Kier alpha value is -1.05. The van der Waals surface area contributed by atoms with Crippen molar-refractivity contribution < 1.29 is 0 Å². The second kappa shape index (κ2) is 2.29. The minimum absolute atomic E-state index is 0.558. The van der Waals surface area contributed by atoms with Crippen molar-refractivity contribution in [2.24, 2.45) is 7.05 Å². The van der Waals surface area contributed by atoms with Crippen molar-refractivity contribution in [1.82, 2.24) is 4.57 Å². The van der Waals surface area contributed by atoms with Gasteiger partial charge in [-0.05, 0) is 31.0 Å². The van der Waals surface area contributed by atoms with Gasteiger partial charge >= 0.3 is 0 Å². The molecule has 0 fully saturated rings. The molecule has 1 aromatic heterocycles. The summed E-state index contributed by atoms with van der Waals surface area (Å²) in [7, 11) is 1.88. The summed E-state index contributed by atoms with van der Waals surface area (Å²) in [5, 5.41) is 7.42. The van der Waals surface area contributed by atoms with Gasteiger partial charge in [0.15, 0.2) is 0 Å². The highest BCUT2D eigenvalue weighted by Gasteiger charge is 1.91. The van der Waals surface area contributed by atoms with Crippen LogP contribution in [0.15, 0.2) is 12.3 Å². The molecule has 0 aliphatic rings. The largest absolute Gasteiger partial charge is 0.336 e. The van der Waals surface area contributed by atoms with Crippen molar-refractivity contribution in [2.75, 3.05) is 0 Å². The molecule has 0 aliphatic carbocycles. The van der Waals surface area contributed by atoms with E-state index in [1.54, 1.807) is 0 Å². The number of rotatable bonds is 0. The summed E-state index contributed by atoms with van der Waals surface area (Å²) in [6.07, 6.45) is 1.97. The summed E-state index contributed by atoms with van der Waals surface area (Å²) in [6, 6.07) is 1.87. The van der Waals surface area contributed by atoms with E-state index in [9.17, 15) is 0 Å². The normalized spacial score (nSPS) is 9.90. The van der Waals surface area contributed by atoms with Crippen molar-refractivity contribution in [2.45, 2.75) is 13.8 Å². The number of pyridine rings is 1. The van der Waals surface area contributed by atoms with E-state index in [0.717, 1.165) is 0 Å². The minimum Gasteiger partial charge on any atom is -0.336 e. The van der Waals surface area contributed by atoms with E-state index in [1.165, 1.54) is 11.1 Å². The van der Waals surface area contributed by atoms with Gasteiger partial charge in [0.1, 0.15) is 5.49 Å². The molecule has 1 aromatic rings. The second-order valence-electron chi connectivity index (χ2n) is 2.64. The fourth-order valence-corrected chi connectivity index (χ4v) is 0.883. The van der Waals surface area contributed by atoms with Crippen LogP contribution in [0, 0.1) is 19.3 Å². The Labute approximate surface area is 60.6 Å². The lowest BCUT2D eigenvalue weighted by molar-refractivity contribution is 0.805. The van der Waals surface area contributed by atoms with E-state index < -0.39 is 0 Å². The van der Waals surface area contributed by atoms with Crippen LogP contribution in [0.3, 0.4) is 0 Å². The molecule has 1 heterocycles. The van der Waals surface area contributed by atoms with Gasteiger partial charge in [-0.2, -0.15) is 0 Å². The third kappa shape index (κ3) is 1.10. The third-order valence-electron chi connectivity index (χ3n) is 1.74. The Morgan fingerprint density at radius 3 is 2.40 bits per heavy atom. The van der Waals surface area contributed by atoms with E-state index in [2.05, 4.69) is 6.92 Å². The molecule has 2 nitrogen and oxygen atoms in total. The van der Waals surface area contributed by atoms with Crippen LogP contribution in [-0.2, 0) is 7.05 Å². The Morgan fingerprint density at radius 2 is 1.90 bits per heavy atom. The molecule has 54 valence electrons. The lowest BCUT2D eigenvalue weighted by Crippen LogP contribution is -2.15. The Bertz CT molecular complexity index is 297. The fourth-order valence-electron chi connectivity index (χ4n) is 0.883. The van der Waals surface area contributed by atoms with Crippen LogP contribution in [0.5, 0.6) is 0 Å². The van der Waals surface area contributed by atoms with E-state index in [1.807, 2.05) is 30.8 Å². The average molecular weight is 136 g/mol. The van der Waals surface area contributed by atoms with Crippen LogP contribution in [0.4, 0.5) is 0 Å². The molecule has 1 rings (SSSR count). The van der Waals surface area contributed by atoms with Gasteiger partial charge in [-0.15, -0.1) is 0 Å². The summed E-state index contributed by atoms with van der Waals surface area (Å²) in [4.78, 5) is 0. The molecule has 0 atom stereocenters. The zero-order valence-corrected chi connectivity index (χ0v) is 6.60. The van der Waals surface area contributed by atoms with Gasteiger partial charge in [0.05, 0.1) is 0 Å². The Kier molecular flexibility index (Phi) is 1.62. The zero-order chi connectivity index (χ0) is 7.72. The zero-order valence-electron chi connectivity index (χ0n) is 6.60. The SMILES string of the molecule is Cc1cc(=N)n(C)cc1C. The Balaban J connectivity index is 3.43. The molecular weight excluding hydrogens is 124 g/mol. The topological polar surface area (TPSA) is 28.8 Å². The van der Waals surface area contributed by atoms with Crippen LogP contribution in [0.25, 0.3) is 0 Å². The van der Waals surface area contributed by atoms with Crippen LogP contribution in [0.1, 0.15) is 11.1 Å². The molecule has 0 aromatic carbocycles. The van der Waals surface area contributed by atoms with Crippen molar-refractivity contribution in [3.63, 3.8) is 0 Å². The number of hydrogen-bond acceptors (Lipinski definition) is 1. The van der Waals surface area contributed by atoms with Crippen molar-refractivity contribution >= 4 is 0 Å². The van der Waals surface area contributed by atoms with E-state index in [0.29, 0.717) is 5.49 Å². The lowest BCUT2D eigenvalue weighted by Gasteiger charge is -2.02. The molecule has 0 radical (unpaired) electrons. The highest BCUT2D eigenvalue weighted by Crippen LogP contribution is 1.99. The first kappa shape index (κ1) is 7.06. The van der Waals surface area contributed by atoms with Crippen LogP contribution < -0.4 is 5.49 Å². The number of nitrogens with zero attached hydrogens (tertiary/aromatic N) is 1. The molecule has 1 N–H and O–H groups in total. The number of aromatic nitrogens is 1. The van der Waals surface area contributed by atoms with E-state index >= 15 is 0 Å². The molecule has 0 spiro atoms. The van der Waals surface area contributed by atoms with Gasteiger partial charge in [-0.25, -0.2) is 0 Å². The molecular formula is C8H12N2. The van der Waals surface area contributed by atoms with Gasteiger partial charge in [-0.3, -0.25) is 5.41 Å². The lowest BCUT2D eigenvalue weighted by atomic mass is 10.2. The van der Waals surface area contributed by atoms with E-state index in [4.69, 9.17) is 5.41 Å². The number of hydrogen-bond donors (Lipinski definition) is 1. The van der Waals surface area contributed by atoms with Gasteiger partial charge in [0, 0.05) is 13.2 Å². The van der Waals surface area contributed by atoms with Gasteiger partial charge in [0.25, 0.3) is 0 Å². The summed E-state index contributed by atoms with van der Waals surface area (Å²) in [6.45, 7) is 4.07. The van der Waals surface area contributed by atoms with Crippen LogP contribution >= 0.6 is 0 Å². The van der Waals surface area contributed by atoms with Crippen molar-refractivity contribution in [1.29, 1.82) is 5.41 Å². The average Bonchev–Trinajstić information content (AvgIpc) is 1.84. The van der Waals surface area contributed by atoms with Crippen molar-refractivity contribution in [3.05, 3.63) is 28.9 Å². The molecule has 0 amide bonds. The molecule has 0 saturated carbocycles. The first-order valence-corrected chi connectivity index (χ1v) is 3.30. The quantitative estimate of drug-likeness (QED) is 0.554. The molecule has 0 bridgehead atoms. The van der Waals surface area contributed by atoms with Crippen molar-refractivity contribution in [3.8, 4) is 0 Å². The summed E-state index contributed by atoms with van der Waals surface area (Å²) in [5.74, 6) is 0. The highest BCUT2D eigenvalue weighted by atomic mass is 14.9. The molecule has 0 saturated heterocycles. The van der Waals surface area contributed by atoms with Gasteiger partial charge < -0.3 is 4.57 Å². The molecule has 10 heavy (non-hydrogen) atoms. The standard InChI is InChI=1S/C8H12N2/c1-6-4-8(9)10(3)5-7(6)2/h4-5,9H,1-3H3. The summed E-state index contributed by atoms with van der Waals surface area (Å²) < 4.78 is 1.81. The molecule has 2 heteroatoms. The Morgan fingerprint density at radius 1 is 1.30 bits per heavy atom. The smallest absolute Gasteiger partial charge is 0.124 e. The van der Waals surface area contributed by atoms with Gasteiger partial charge in [-0.1, -0.05) is 0 Å². The maximum absolute atomic E-state index is 7.42. The third-order valence-corrected chi connectivity index (χ3v) is 1.74. The molecule has 0 unspecified atom stereocenters. The van der Waals surface area contributed by atoms with Crippen LogP contribution in [-0.4, -0.2) is 4.57 Å². The maximum Gasteiger partial charge on any atom is 0.124 e. The predicted octanol–water partition coefficient (Wildman–Crippen LogP) is 1.12. The maximum atomic E-state index is 7.42. The van der Waals surface area contributed by atoms with E-state index in [-0.39, 0.29) is 0 Å². The summed E-state index contributed by atoms with van der Waals surface area (Å²) in [5.41, 5.74) is 2.98. The second-order valence-corrected chi connectivity index (χ2v) is 2.64. The van der Waals surface area contributed by atoms with Crippen LogP contribution in [0.2, 0.25) is 0 Å². The minimum atomic E-state index is 0.558. The monoisotopic (exact) mass is 136 g/mol. The molecule has 0 aliphatic heterocycles.